The Labute approximate surface area is 105 Å². The van der Waals surface area contributed by atoms with E-state index in [0.29, 0.717) is 0 Å². The third-order valence-electron chi connectivity index (χ3n) is 2.02. The lowest BCUT2D eigenvalue weighted by atomic mass is 9.93. The first-order valence-electron chi connectivity index (χ1n) is 5.36. The van der Waals surface area contributed by atoms with E-state index in [1.54, 1.807) is 13.8 Å². The second kappa shape index (κ2) is 7.32. The fourth-order valence-electron chi connectivity index (χ4n) is 1.03. The van der Waals surface area contributed by atoms with E-state index >= 15 is 0 Å². The average molecular weight is 262 g/mol. The molecule has 0 spiro atoms. The van der Waals surface area contributed by atoms with Gasteiger partial charge in [0.2, 0.25) is 0 Å². The van der Waals surface area contributed by atoms with Gasteiger partial charge in [-0.2, -0.15) is 0 Å². The Hall–Kier alpha value is -1.04. The Bertz CT molecular complexity index is 282. The molecule has 0 N–H and O–H groups in total. The van der Waals surface area contributed by atoms with Gasteiger partial charge in [-0.3, -0.25) is 14.4 Å². The molecular weight excluding hydrogens is 244 g/mol. The highest BCUT2D eigenvalue weighted by Gasteiger charge is 2.44. The molecule has 0 heterocycles. The van der Waals surface area contributed by atoms with Gasteiger partial charge in [-0.1, -0.05) is 11.8 Å². The van der Waals surface area contributed by atoms with Crippen molar-refractivity contribution < 1.29 is 23.9 Å². The summed E-state index contributed by atoms with van der Waals surface area (Å²) in [5.41, 5.74) is -1.43. The number of hydrogen-bond donors (Lipinski definition) is 0. The van der Waals surface area contributed by atoms with E-state index in [4.69, 9.17) is 9.47 Å². The van der Waals surface area contributed by atoms with Gasteiger partial charge in [0, 0.05) is 12.7 Å². The van der Waals surface area contributed by atoms with Crippen LogP contribution in [-0.4, -0.2) is 36.0 Å². The normalized spacial score (nSPS) is 10.8. The molecule has 5 nitrogen and oxygen atoms in total. The van der Waals surface area contributed by atoms with Crippen LogP contribution in [0.5, 0.6) is 0 Å². The minimum atomic E-state index is -1.43. The van der Waals surface area contributed by atoms with Crippen LogP contribution >= 0.6 is 11.8 Å². The maximum atomic E-state index is 11.7. The summed E-state index contributed by atoms with van der Waals surface area (Å²) in [7, 11) is 0. The largest absolute Gasteiger partial charge is 0.465 e. The molecule has 0 aromatic rings. The summed E-state index contributed by atoms with van der Waals surface area (Å²) in [6.07, 6.45) is 0. The van der Waals surface area contributed by atoms with Crippen molar-refractivity contribution in [3.8, 4) is 0 Å². The number of rotatable bonds is 6. The molecule has 0 atom stereocenters. The number of ether oxygens (including phenoxy) is 2. The van der Waals surface area contributed by atoms with Gasteiger partial charge in [-0.05, 0) is 20.8 Å². The fourth-order valence-corrected chi connectivity index (χ4v) is 1.76. The molecule has 0 unspecified atom stereocenters. The van der Waals surface area contributed by atoms with Gasteiger partial charge in [0.1, 0.15) is 0 Å². The number of thioether (sulfide) groups is 1. The second-order valence-corrected chi connectivity index (χ2v) is 4.71. The SMILES string of the molecule is CCOC(=O)C(C)(CSC(C)=O)C(=O)OCC. The van der Waals surface area contributed by atoms with Crippen LogP contribution in [0.4, 0.5) is 0 Å². The van der Waals surface area contributed by atoms with Crippen LogP contribution in [-0.2, 0) is 23.9 Å². The molecule has 0 saturated heterocycles. The maximum Gasteiger partial charge on any atom is 0.324 e. The summed E-state index contributed by atoms with van der Waals surface area (Å²) in [6.45, 7) is 6.47. The molecule has 17 heavy (non-hydrogen) atoms. The number of carbonyl (C=O) groups excluding carboxylic acids is 3. The van der Waals surface area contributed by atoms with E-state index in [2.05, 4.69) is 0 Å². The van der Waals surface area contributed by atoms with Gasteiger partial charge in [-0.15, -0.1) is 0 Å². The quantitative estimate of drug-likeness (QED) is 0.532. The first-order chi connectivity index (χ1) is 7.88. The number of esters is 2. The van der Waals surface area contributed by atoms with Crippen molar-refractivity contribution in [2.24, 2.45) is 5.41 Å². The minimum absolute atomic E-state index is 0.0278. The third-order valence-corrected chi connectivity index (χ3v) is 3.14. The van der Waals surface area contributed by atoms with E-state index < -0.39 is 17.4 Å². The van der Waals surface area contributed by atoms with E-state index in [-0.39, 0.29) is 24.1 Å². The molecule has 0 aliphatic rings. The summed E-state index contributed by atoms with van der Waals surface area (Å²) in [6, 6.07) is 0. The van der Waals surface area contributed by atoms with Crippen molar-refractivity contribution in [2.75, 3.05) is 19.0 Å². The van der Waals surface area contributed by atoms with E-state index in [1.165, 1.54) is 13.8 Å². The van der Waals surface area contributed by atoms with E-state index in [0.717, 1.165) is 11.8 Å². The van der Waals surface area contributed by atoms with Gasteiger partial charge in [0.25, 0.3) is 0 Å². The van der Waals surface area contributed by atoms with E-state index in [9.17, 15) is 14.4 Å². The summed E-state index contributed by atoms with van der Waals surface area (Å²) in [4.78, 5) is 34.4. The van der Waals surface area contributed by atoms with Crippen LogP contribution in [0.25, 0.3) is 0 Å². The monoisotopic (exact) mass is 262 g/mol. The molecule has 0 amide bonds. The van der Waals surface area contributed by atoms with Crippen LogP contribution in [0.1, 0.15) is 27.7 Å². The summed E-state index contributed by atoms with van der Waals surface area (Å²) >= 11 is 0.906. The summed E-state index contributed by atoms with van der Waals surface area (Å²) in [5.74, 6) is -1.29. The van der Waals surface area contributed by atoms with E-state index in [1.807, 2.05) is 0 Å². The Balaban J connectivity index is 4.85. The highest BCUT2D eigenvalue weighted by atomic mass is 32.2. The predicted octanol–water partition coefficient (Wildman–Crippen LogP) is 1.40. The molecule has 0 aromatic heterocycles. The molecule has 0 fully saturated rings. The fraction of sp³-hybridized carbons (Fsp3) is 0.727. The minimum Gasteiger partial charge on any atom is -0.465 e. The van der Waals surface area contributed by atoms with Crippen molar-refractivity contribution in [1.29, 1.82) is 0 Å². The molecule has 6 heteroatoms. The lowest BCUT2D eigenvalue weighted by Gasteiger charge is -2.23. The standard InChI is InChI=1S/C11H18O5S/c1-5-15-9(13)11(4,7-17-8(3)12)10(14)16-6-2/h5-7H2,1-4H3. The zero-order valence-corrected chi connectivity index (χ0v) is 11.4. The molecule has 0 aliphatic heterocycles. The van der Waals surface area contributed by atoms with Crippen LogP contribution in [0.15, 0.2) is 0 Å². The zero-order valence-electron chi connectivity index (χ0n) is 10.6. The van der Waals surface area contributed by atoms with Gasteiger partial charge in [0.15, 0.2) is 10.5 Å². The van der Waals surface area contributed by atoms with Crippen molar-refractivity contribution in [3.63, 3.8) is 0 Å². The molecule has 98 valence electrons. The smallest absolute Gasteiger partial charge is 0.324 e. The lowest BCUT2D eigenvalue weighted by molar-refractivity contribution is -0.168. The van der Waals surface area contributed by atoms with Crippen LogP contribution in [0.2, 0.25) is 0 Å². The van der Waals surface area contributed by atoms with Gasteiger partial charge in [0.05, 0.1) is 13.2 Å². The Morgan fingerprint density at radius 3 is 1.76 bits per heavy atom. The van der Waals surface area contributed by atoms with Crippen molar-refractivity contribution >= 4 is 28.8 Å². The van der Waals surface area contributed by atoms with Crippen LogP contribution < -0.4 is 0 Å². The zero-order chi connectivity index (χ0) is 13.5. The predicted molar refractivity (Wildman–Crippen MR) is 64.5 cm³/mol. The van der Waals surface area contributed by atoms with Crippen LogP contribution in [0, 0.1) is 5.41 Å². The second-order valence-electron chi connectivity index (χ2n) is 3.55. The Kier molecular flexibility index (Phi) is 6.87. The van der Waals surface area contributed by atoms with Crippen molar-refractivity contribution in [2.45, 2.75) is 27.7 Å². The summed E-state index contributed by atoms with van der Waals surface area (Å²) in [5, 5.41) is -0.162. The van der Waals surface area contributed by atoms with Gasteiger partial charge >= 0.3 is 11.9 Å². The number of hydrogen-bond acceptors (Lipinski definition) is 6. The highest BCUT2D eigenvalue weighted by molar-refractivity contribution is 8.13. The van der Waals surface area contributed by atoms with Crippen molar-refractivity contribution in [3.05, 3.63) is 0 Å². The van der Waals surface area contributed by atoms with Gasteiger partial charge < -0.3 is 9.47 Å². The summed E-state index contributed by atoms with van der Waals surface area (Å²) < 4.78 is 9.68. The molecular formula is C11H18O5S. The average Bonchev–Trinajstić information content (AvgIpc) is 2.26. The molecule has 0 aliphatic carbocycles. The molecule has 0 aromatic carbocycles. The topological polar surface area (TPSA) is 69.7 Å². The molecule has 0 rings (SSSR count). The molecule has 0 radical (unpaired) electrons. The van der Waals surface area contributed by atoms with Crippen LogP contribution in [0.3, 0.4) is 0 Å². The Morgan fingerprint density at radius 2 is 1.47 bits per heavy atom. The number of carbonyl (C=O) groups is 3. The maximum absolute atomic E-state index is 11.7. The third kappa shape index (κ3) is 4.77. The first kappa shape index (κ1) is 16.0. The first-order valence-corrected chi connectivity index (χ1v) is 6.34. The van der Waals surface area contributed by atoms with Gasteiger partial charge in [-0.25, -0.2) is 0 Å². The lowest BCUT2D eigenvalue weighted by Crippen LogP contribution is -2.41. The molecule has 0 bridgehead atoms. The Morgan fingerprint density at radius 1 is 1.06 bits per heavy atom. The van der Waals surface area contributed by atoms with Crippen molar-refractivity contribution in [1.82, 2.24) is 0 Å². The highest BCUT2D eigenvalue weighted by Crippen LogP contribution is 2.26. The molecule has 0 saturated carbocycles.